The van der Waals surface area contributed by atoms with Crippen molar-refractivity contribution < 1.29 is 54.3 Å². The van der Waals surface area contributed by atoms with Crippen molar-refractivity contribution >= 4 is 61.3 Å². The first-order chi connectivity index (χ1) is 15.2. The van der Waals surface area contributed by atoms with Crippen molar-refractivity contribution in [3.05, 3.63) is 24.8 Å². The van der Waals surface area contributed by atoms with Crippen molar-refractivity contribution in [2.45, 2.75) is 55.0 Å². The van der Waals surface area contributed by atoms with Crippen molar-refractivity contribution in [1.82, 2.24) is 0 Å². The number of halogens is 6. The maximum Gasteiger partial charge on any atom is 0.396 e. The molecule has 0 amide bonds. The lowest BCUT2D eigenvalue weighted by Crippen LogP contribution is -2.52. The molecule has 0 N–H and O–H groups in total. The molecular weight excluding hydrogens is 706 g/mol. The van der Waals surface area contributed by atoms with Gasteiger partial charge in [0.05, 0.1) is 35.2 Å². The Morgan fingerprint density at radius 1 is 1.27 bits per heavy atom. The third kappa shape index (κ3) is 4.45. The number of hydrogen-bond donors (Lipinski definition) is 0. The van der Waals surface area contributed by atoms with E-state index in [0.29, 0.717) is 5.75 Å². The van der Waals surface area contributed by atoms with E-state index < -0.39 is 64.2 Å². The summed E-state index contributed by atoms with van der Waals surface area (Å²) in [5, 5.41) is -5.82. The molecule has 4 rings (SSSR count). The van der Waals surface area contributed by atoms with Crippen LogP contribution in [0.25, 0.3) is 0 Å². The SMILES string of the molecule is O=C(OCCC(F)(F)C(F)(F)S(=O)(=O)[O-])C1CC2OC1CC21OCc2cc(I)cc(I)c2O1. The van der Waals surface area contributed by atoms with Crippen LogP contribution >= 0.6 is 45.2 Å². The maximum absolute atomic E-state index is 13.5. The minimum Gasteiger partial charge on any atom is -0.743 e. The zero-order valence-electron chi connectivity index (χ0n) is 16.4. The Balaban J connectivity index is 1.35. The van der Waals surface area contributed by atoms with Crippen LogP contribution in [0, 0.1) is 13.1 Å². The summed E-state index contributed by atoms with van der Waals surface area (Å²) in [5.41, 5.74) is 0.869. The van der Waals surface area contributed by atoms with Crippen molar-refractivity contribution in [1.29, 1.82) is 0 Å². The lowest BCUT2D eigenvalue weighted by atomic mass is 9.84. The molecule has 1 aromatic rings. The summed E-state index contributed by atoms with van der Waals surface area (Å²) >= 11 is 4.32. The van der Waals surface area contributed by atoms with Gasteiger partial charge in [-0.1, -0.05) is 0 Å². The molecule has 4 unspecified atom stereocenters. The Kier molecular flexibility index (Phi) is 6.64. The Morgan fingerprint density at radius 2 is 1.97 bits per heavy atom. The first-order valence-corrected chi connectivity index (χ1v) is 13.1. The fourth-order valence-corrected chi connectivity index (χ4v) is 6.63. The van der Waals surface area contributed by atoms with Crippen molar-refractivity contribution in [3.8, 4) is 5.75 Å². The number of benzene rings is 1. The minimum absolute atomic E-state index is 0.0985. The summed E-state index contributed by atoms with van der Waals surface area (Å²) in [7, 11) is -6.60. The third-order valence-electron chi connectivity index (χ3n) is 5.77. The third-order valence-corrected chi connectivity index (χ3v) is 8.12. The van der Waals surface area contributed by atoms with Gasteiger partial charge in [-0.15, -0.1) is 0 Å². The van der Waals surface area contributed by atoms with E-state index in [9.17, 15) is 35.3 Å². The highest BCUT2D eigenvalue weighted by Crippen LogP contribution is 2.51. The summed E-state index contributed by atoms with van der Waals surface area (Å²) < 4.78 is 109. The highest BCUT2D eigenvalue weighted by molar-refractivity contribution is 14.1. The van der Waals surface area contributed by atoms with Crippen LogP contribution in [0.2, 0.25) is 0 Å². The highest BCUT2D eigenvalue weighted by Gasteiger charge is 2.63. The number of carbonyl (C=O) groups is 1. The van der Waals surface area contributed by atoms with Crippen LogP contribution in [0.5, 0.6) is 5.75 Å². The van der Waals surface area contributed by atoms with E-state index in [1.807, 2.05) is 12.1 Å². The normalized spacial score (nSPS) is 29.1. The molecule has 0 radical (unpaired) electrons. The van der Waals surface area contributed by atoms with Crippen molar-refractivity contribution in [2.24, 2.45) is 5.92 Å². The fourth-order valence-electron chi connectivity index (χ4n) is 4.09. The van der Waals surface area contributed by atoms with Gasteiger partial charge in [-0.05, 0) is 63.7 Å². The monoisotopic (exact) mass is 721 g/mol. The molecule has 2 bridgehead atoms. The van der Waals surface area contributed by atoms with Gasteiger partial charge in [0, 0.05) is 15.6 Å². The van der Waals surface area contributed by atoms with Gasteiger partial charge in [0.15, 0.2) is 10.1 Å². The molecule has 184 valence electrons. The van der Waals surface area contributed by atoms with Gasteiger partial charge in [-0.25, -0.2) is 8.42 Å². The summed E-state index contributed by atoms with van der Waals surface area (Å²) in [6.07, 6.45) is -2.91. The molecule has 1 spiro atoms. The first kappa shape index (κ1) is 25.6. The average molecular weight is 721 g/mol. The van der Waals surface area contributed by atoms with E-state index in [4.69, 9.17) is 14.2 Å². The number of hydrogen-bond acceptors (Lipinski definition) is 8. The second kappa shape index (κ2) is 8.56. The number of carbonyl (C=O) groups excluding carboxylic acids is 1. The highest BCUT2D eigenvalue weighted by atomic mass is 127. The van der Waals surface area contributed by atoms with Crippen LogP contribution in [0.4, 0.5) is 17.6 Å². The Labute approximate surface area is 212 Å². The molecule has 2 fully saturated rings. The predicted octanol–water partition coefficient (Wildman–Crippen LogP) is 3.39. The van der Waals surface area contributed by atoms with Gasteiger partial charge < -0.3 is 23.5 Å². The molecule has 3 heterocycles. The predicted molar refractivity (Wildman–Crippen MR) is 117 cm³/mol. The Hall–Kier alpha value is -0.500. The number of rotatable bonds is 6. The van der Waals surface area contributed by atoms with Crippen LogP contribution in [-0.4, -0.2) is 54.7 Å². The Morgan fingerprint density at radius 3 is 2.58 bits per heavy atom. The van der Waals surface area contributed by atoms with Gasteiger partial charge in [-0.3, -0.25) is 4.79 Å². The quantitative estimate of drug-likeness (QED) is 0.191. The van der Waals surface area contributed by atoms with E-state index in [-0.39, 0.29) is 19.4 Å². The molecule has 8 nitrogen and oxygen atoms in total. The molecule has 3 aliphatic heterocycles. The topological polar surface area (TPSA) is 111 Å². The van der Waals surface area contributed by atoms with Crippen LogP contribution in [0.1, 0.15) is 24.8 Å². The van der Waals surface area contributed by atoms with Crippen LogP contribution < -0.4 is 4.74 Å². The zero-order chi connectivity index (χ0) is 24.4. The van der Waals surface area contributed by atoms with E-state index in [1.165, 1.54) is 0 Å². The lowest BCUT2D eigenvalue weighted by Gasteiger charge is -2.40. The standard InChI is InChI=1S/C18H16F4I2O8S/c19-17(20,18(21,22)33(26,27)28)1-2-29-15(25)10-5-13-16(6-12(10)31-13)30-7-8-3-9(23)4-11(24)14(8)32-16/h3-4,10,12-13H,1-2,5-7H2,(H,26,27,28)/p-1. The number of ether oxygens (including phenoxy) is 4. The van der Waals surface area contributed by atoms with Crippen LogP contribution in [0.3, 0.4) is 0 Å². The van der Waals surface area contributed by atoms with E-state index in [0.717, 1.165) is 12.7 Å². The molecule has 2 saturated heterocycles. The van der Waals surface area contributed by atoms with Gasteiger partial charge in [0.25, 0.3) is 0 Å². The average Bonchev–Trinajstić information content (AvgIpc) is 3.26. The molecule has 1 aromatic carbocycles. The molecule has 4 atom stereocenters. The minimum atomic E-state index is -6.60. The summed E-state index contributed by atoms with van der Waals surface area (Å²) in [6, 6.07) is 3.86. The first-order valence-electron chi connectivity index (χ1n) is 9.51. The van der Waals surface area contributed by atoms with Crippen LogP contribution in [-0.2, 0) is 35.7 Å². The molecule has 3 aliphatic rings. The van der Waals surface area contributed by atoms with Crippen molar-refractivity contribution in [2.75, 3.05) is 6.61 Å². The maximum atomic E-state index is 13.5. The molecule has 0 aromatic heterocycles. The van der Waals surface area contributed by atoms with Gasteiger partial charge in [-0.2, -0.15) is 17.6 Å². The number of alkyl halides is 4. The number of fused-ring (bicyclic) bond motifs is 4. The molecular formula is C18H15F4I2O8S-. The number of esters is 1. The van der Waals surface area contributed by atoms with Crippen molar-refractivity contribution in [3.63, 3.8) is 0 Å². The van der Waals surface area contributed by atoms with Crippen LogP contribution in [0.15, 0.2) is 12.1 Å². The summed E-state index contributed by atoms with van der Waals surface area (Å²) in [4.78, 5) is 12.3. The molecule has 0 saturated carbocycles. The largest absolute Gasteiger partial charge is 0.743 e. The zero-order valence-corrected chi connectivity index (χ0v) is 21.5. The van der Waals surface area contributed by atoms with E-state index in [2.05, 4.69) is 49.9 Å². The Bertz CT molecular complexity index is 1090. The van der Waals surface area contributed by atoms with E-state index in [1.54, 1.807) is 0 Å². The lowest BCUT2D eigenvalue weighted by molar-refractivity contribution is -0.232. The van der Waals surface area contributed by atoms with Gasteiger partial charge in [0.1, 0.15) is 11.9 Å². The fraction of sp³-hybridized carbons (Fsp3) is 0.611. The second-order valence-corrected chi connectivity index (χ2v) is 11.7. The summed E-state index contributed by atoms with van der Waals surface area (Å²) in [5.74, 6) is -7.47. The molecule has 0 aliphatic carbocycles. The molecule has 15 heteroatoms. The van der Waals surface area contributed by atoms with Gasteiger partial charge >= 0.3 is 17.1 Å². The smallest absolute Gasteiger partial charge is 0.396 e. The molecule has 33 heavy (non-hydrogen) atoms. The van der Waals surface area contributed by atoms with E-state index >= 15 is 0 Å². The summed E-state index contributed by atoms with van der Waals surface area (Å²) in [6.45, 7) is -0.928. The van der Waals surface area contributed by atoms with Gasteiger partial charge in [0.2, 0.25) is 5.79 Å². The second-order valence-electron chi connectivity index (χ2n) is 7.88.